The van der Waals surface area contributed by atoms with Gasteiger partial charge in [0.1, 0.15) is 65.1 Å². The van der Waals surface area contributed by atoms with Crippen molar-refractivity contribution in [3.8, 4) is 30.3 Å². The van der Waals surface area contributed by atoms with E-state index in [-0.39, 0.29) is 35.8 Å². The Bertz CT molecular complexity index is 4780. The van der Waals surface area contributed by atoms with Crippen LogP contribution in [-0.4, -0.2) is 158 Å². The van der Waals surface area contributed by atoms with E-state index < -0.39 is 55.0 Å². The average Bonchev–Trinajstić information content (AvgIpc) is 1.70. The van der Waals surface area contributed by atoms with Crippen LogP contribution in [0.3, 0.4) is 0 Å². The third-order valence-electron chi connectivity index (χ3n) is 20.0. The number of fused-ring (bicyclic) bond motifs is 5. The highest BCUT2D eigenvalue weighted by Crippen LogP contribution is 2.40. The van der Waals surface area contributed by atoms with Crippen molar-refractivity contribution in [2.45, 2.75) is 131 Å². The van der Waals surface area contributed by atoms with Crippen LogP contribution in [-0.2, 0) is 4.79 Å². The minimum absolute atomic E-state index is 0.0188. The number of aliphatic hydroxyl groups is 4. The zero-order valence-corrected chi connectivity index (χ0v) is 57.3. The number of hydrogen-bond acceptors (Lipinski definition) is 20. The van der Waals surface area contributed by atoms with Crippen LogP contribution in [0.1, 0.15) is 92.7 Å². The lowest BCUT2D eigenvalue weighted by Gasteiger charge is -2.31. The molecule has 29 heteroatoms. The molecule has 5 aromatic carbocycles. The molecule has 8 atom stereocenters. The van der Waals surface area contributed by atoms with Crippen molar-refractivity contribution in [2.75, 3.05) is 63.8 Å². The molecule has 5 aliphatic rings. The van der Waals surface area contributed by atoms with Gasteiger partial charge < -0.3 is 49.7 Å². The van der Waals surface area contributed by atoms with E-state index in [4.69, 9.17) is 26.3 Å². The highest BCUT2D eigenvalue weighted by atomic mass is 19.4. The lowest BCUT2D eigenvalue weighted by Crippen LogP contribution is -2.47. The molecule has 550 valence electrons. The number of aliphatic hydroxyl groups excluding tert-OH is 4. The van der Waals surface area contributed by atoms with Crippen LogP contribution in [0.15, 0.2) is 152 Å². The number of nitriles is 5. The Balaban J connectivity index is 0.000000134. The number of pyridine rings is 5. The number of aldehydes is 1. The lowest BCUT2D eigenvalue weighted by molar-refractivity contribution is -0.209. The summed E-state index contributed by atoms with van der Waals surface area (Å²) >= 11 is 0. The summed E-state index contributed by atoms with van der Waals surface area (Å²) in [4.78, 5) is 40.2. The summed E-state index contributed by atoms with van der Waals surface area (Å²) in [5.74, 6) is 0. The number of rotatable bonds is 10. The minimum atomic E-state index is -4.64. The molecule has 0 radical (unpaired) electrons. The Hall–Kier alpha value is -11.5. The van der Waals surface area contributed by atoms with Gasteiger partial charge in [-0.1, -0.05) is 0 Å². The number of hydrogen-bond donors (Lipinski definition) is 4. The quantitative estimate of drug-likeness (QED) is 0.0730. The second-order valence-corrected chi connectivity index (χ2v) is 26.3. The molecular formula is C78H70F9N15O5. The molecule has 10 aromatic rings. The van der Waals surface area contributed by atoms with Crippen LogP contribution >= 0.6 is 0 Å². The Kier molecular flexibility index (Phi) is 23.8. The summed E-state index contributed by atoms with van der Waals surface area (Å²) in [6, 6.07) is 43.6. The molecule has 15 rings (SSSR count). The Morgan fingerprint density at radius 1 is 0.374 bits per heavy atom. The Morgan fingerprint density at radius 2 is 0.617 bits per heavy atom. The number of anilines is 5. The molecule has 0 bridgehead atoms. The van der Waals surface area contributed by atoms with Gasteiger partial charge in [0.05, 0.1) is 36.8 Å². The van der Waals surface area contributed by atoms with Crippen LogP contribution in [0.5, 0.6) is 0 Å². The first-order chi connectivity index (χ1) is 51.4. The van der Waals surface area contributed by atoms with Crippen molar-refractivity contribution in [3.63, 3.8) is 0 Å². The average molecular weight is 1470 g/mol. The molecule has 0 amide bonds. The van der Waals surface area contributed by atoms with E-state index in [2.05, 4.69) is 52.9 Å². The van der Waals surface area contributed by atoms with Gasteiger partial charge in [-0.15, -0.1) is 0 Å². The monoisotopic (exact) mass is 1470 g/mol. The molecule has 0 saturated carbocycles. The van der Waals surface area contributed by atoms with Gasteiger partial charge in [0.15, 0.2) is 18.3 Å². The molecule has 20 nitrogen and oxygen atoms in total. The van der Waals surface area contributed by atoms with E-state index in [1.165, 1.54) is 18.6 Å². The molecular weight excluding hydrogens is 1400 g/mol. The van der Waals surface area contributed by atoms with Crippen molar-refractivity contribution >= 4 is 88.6 Å². The van der Waals surface area contributed by atoms with Crippen molar-refractivity contribution in [1.29, 1.82) is 26.3 Å². The SMILES string of the molecule is N#Cc1nccc2cc(N3CCC[C@@H]3[C@@H](O)C(F)(F)F)ccc12.N#Cc1nccc2cc(N3CCC[C@@H]3[C@H](O)C(F)(F)F)ccc12.N#Cc1nccc2cc(N3CCC[C@H]3C=O)ccc12.N#Cc1nccc2cc(N3CCC[C@H]3CO)ccc12.N#Cc1nccc2cc(N3CCC[C@H]3[C@@H](O)C(F)(F)F)ccc12. The smallest absolute Gasteiger partial charge is 0.394 e. The normalized spacial score (nSPS) is 19.4. The fraction of sp³-hybridized carbons (Fsp3) is 0.346. The van der Waals surface area contributed by atoms with Crippen molar-refractivity contribution in [1.82, 2.24) is 24.9 Å². The maximum absolute atomic E-state index is 12.8. The van der Waals surface area contributed by atoms with Crippen molar-refractivity contribution in [2.24, 2.45) is 0 Å². The van der Waals surface area contributed by atoms with E-state index in [9.17, 15) is 64.7 Å². The van der Waals surface area contributed by atoms with Crippen molar-refractivity contribution in [3.05, 3.63) is 181 Å². The summed E-state index contributed by atoms with van der Waals surface area (Å²) in [5, 5.41) is 91.3. The molecule has 5 aromatic heterocycles. The topological polar surface area (TPSA) is 298 Å². The molecule has 10 heterocycles. The Morgan fingerprint density at radius 3 is 0.879 bits per heavy atom. The first-order valence-corrected chi connectivity index (χ1v) is 34.5. The molecule has 4 N–H and O–H groups in total. The van der Waals surface area contributed by atoms with Gasteiger partial charge in [-0.25, -0.2) is 24.9 Å². The number of carbonyl (C=O) groups is 1. The standard InChI is InChI=1S/3C16H14F3N3O.C15H15N3O.C15H13N3O/c3*17-16(18,19)15(23)14-2-1-7-22(14)11-3-4-12-10(8-11)5-6-21-13(12)9-20;2*16-9-15-14-4-3-12(8-11(14)5-6-17-15)18-7-1-2-13(18)10-19/h3*3-6,8,14-15,23H,1-2,7H2;3-6,8,13,19H,1-2,7,10H2;3-6,8,10,13H,1-2,7H2/t2*14-,15+;14-,15-;2*13-/m10100/s1. The maximum Gasteiger partial charge on any atom is 0.416 e. The molecule has 0 aliphatic carbocycles. The molecule has 5 saturated heterocycles. The van der Waals surface area contributed by atoms with Gasteiger partial charge in [-0.2, -0.15) is 65.8 Å². The number of aromatic nitrogens is 5. The van der Waals surface area contributed by atoms with E-state index in [1.54, 1.807) is 99.9 Å². The van der Waals surface area contributed by atoms with Gasteiger partial charge in [0, 0.05) is 119 Å². The lowest BCUT2D eigenvalue weighted by atomic mass is 10.1. The Labute approximate surface area is 608 Å². The summed E-state index contributed by atoms with van der Waals surface area (Å²) in [7, 11) is 0. The predicted octanol–water partition coefficient (Wildman–Crippen LogP) is 13.3. The zero-order chi connectivity index (χ0) is 76.3. The number of benzene rings is 5. The van der Waals surface area contributed by atoms with Crippen LogP contribution in [0.25, 0.3) is 53.9 Å². The molecule has 107 heavy (non-hydrogen) atoms. The van der Waals surface area contributed by atoms with Gasteiger partial charge in [0.2, 0.25) is 0 Å². The molecule has 0 unspecified atom stereocenters. The van der Waals surface area contributed by atoms with E-state index in [0.717, 1.165) is 94.1 Å². The van der Waals surface area contributed by atoms with Crippen molar-refractivity contribution < 1.29 is 64.7 Å². The third-order valence-corrected chi connectivity index (χ3v) is 20.0. The largest absolute Gasteiger partial charge is 0.416 e. The third kappa shape index (κ3) is 17.1. The number of carbonyl (C=O) groups excluding carboxylic acids is 1. The number of alkyl halides is 9. The van der Waals surface area contributed by atoms with E-state index in [1.807, 2.05) is 60.7 Å². The fourth-order valence-electron chi connectivity index (χ4n) is 14.8. The molecule has 5 fully saturated rings. The van der Waals surface area contributed by atoms with E-state index >= 15 is 0 Å². The zero-order valence-electron chi connectivity index (χ0n) is 57.3. The minimum Gasteiger partial charge on any atom is -0.394 e. The number of nitrogens with zero attached hydrogens (tertiary/aromatic N) is 15. The second kappa shape index (κ2) is 33.3. The number of halogens is 9. The summed E-state index contributed by atoms with van der Waals surface area (Å²) in [6.07, 6.45) is -5.44. The summed E-state index contributed by atoms with van der Waals surface area (Å²) < 4.78 is 115. The first kappa shape index (κ1) is 76.6. The van der Waals surface area contributed by atoms with Gasteiger partial charge >= 0.3 is 18.5 Å². The van der Waals surface area contributed by atoms with Gasteiger partial charge in [-0.05, 0) is 212 Å². The van der Waals surface area contributed by atoms with Crippen LogP contribution in [0.4, 0.5) is 68.0 Å². The fourth-order valence-corrected chi connectivity index (χ4v) is 14.8. The maximum atomic E-state index is 12.8. The van der Waals surface area contributed by atoms with Crippen LogP contribution in [0, 0.1) is 56.7 Å². The predicted molar refractivity (Wildman–Crippen MR) is 383 cm³/mol. The highest BCUT2D eigenvalue weighted by Gasteiger charge is 2.50. The summed E-state index contributed by atoms with van der Waals surface area (Å²) in [5.41, 5.74) is 5.72. The summed E-state index contributed by atoms with van der Waals surface area (Å²) in [6.45, 7) is 3.45. The highest BCUT2D eigenvalue weighted by molar-refractivity contribution is 5.93. The molecule has 5 aliphatic heterocycles. The first-order valence-electron chi connectivity index (χ1n) is 34.5. The van der Waals surface area contributed by atoms with Gasteiger partial charge in [-0.3, -0.25) is 0 Å². The van der Waals surface area contributed by atoms with E-state index in [0.29, 0.717) is 103 Å². The van der Waals surface area contributed by atoms with Crippen LogP contribution in [0.2, 0.25) is 0 Å². The van der Waals surface area contributed by atoms with Gasteiger partial charge in [0.25, 0.3) is 0 Å². The van der Waals surface area contributed by atoms with Crippen LogP contribution < -0.4 is 24.5 Å². The molecule has 0 spiro atoms. The second-order valence-electron chi connectivity index (χ2n) is 26.3.